The minimum Gasteiger partial charge on any atom is -0.465 e. The molecule has 0 aliphatic rings. The summed E-state index contributed by atoms with van der Waals surface area (Å²) in [5.74, 6) is -0.340. The normalized spacial score (nSPS) is 10.9. The van der Waals surface area contributed by atoms with Gasteiger partial charge in [-0.05, 0) is 23.6 Å². The smallest absolute Gasteiger partial charge is 0.337 e. The average molecular weight is 313 g/mol. The molecular weight excluding hydrogens is 298 g/mol. The molecule has 0 saturated heterocycles. The lowest BCUT2D eigenvalue weighted by atomic mass is 9.99. The van der Waals surface area contributed by atoms with Crippen LogP contribution in [-0.4, -0.2) is 18.1 Å². The largest absolute Gasteiger partial charge is 0.465 e. The van der Waals surface area contributed by atoms with E-state index in [0.29, 0.717) is 5.56 Å². The number of aromatic nitrogens is 1. The third kappa shape index (κ3) is 2.31. The first-order chi connectivity index (χ1) is 11.8. The summed E-state index contributed by atoms with van der Waals surface area (Å²) in [6.07, 6.45) is 0. The van der Waals surface area contributed by atoms with Gasteiger partial charge in [0.2, 0.25) is 0 Å². The lowest BCUT2D eigenvalue weighted by Crippen LogP contribution is -2.01. The minimum atomic E-state index is -0.340. The molecule has 0 aliphatic carbocycles. The van der Waals surface area contributed by atoms with Crippen LogP contribution in [0.5, 0.6) is 0 Å². The summed E-state index contributed by atoms with van der Waals surface area (Å²) in [6, 6.07) is 23.8. The first-order valence-electron chi connectivity index (χ1n) is 7.74. The van der Waals surface area contributed by atoms with Gasteiger partial charge in [-0.3, -0.25) is 0 Å². The van der Waals surface area contributed by atoms with Crippen molar-refractivity contribution in [2.45, 2.75) is 0 Å². The summed E-state index contributed by atoms with van der Waals surface area (Å²) in [4.78, 5) is 16.7. The van der Waals surface area contributed by atoms with Gasteiger partial charge in [0, 0.05) is 16.3 Å². The van der Waals surface area contributed by atoms with Crippen LogP contribution in [0.4, 0.5) is 0 Å². The number of pyridine rings is 1. The molecule has 3 aromatic carbocycles. The molecule has 0 unspecified atom stereocenters. The fraction of sp³-hybridized carbons (Fsp3) is 0.0476. The molecule has 1 aromatic heterocycles. The second-order valence-corrected chi connectivity index (χ2v) is 5.60. The van der Waals surface area contributed by atoms with Crippen LogP contribution >= 0.6 is 0 Å². The van der Waals surface area contributed by atoms with Gasteiger partial charge in [0.15, 0.2) is 0 Å². The standard InChI is InChI=1S/C21H15NO2/c1-24-21(23)15-11-12-19-18(13-15)16-9-5-6-10-17(16)20(22-19)14-7-3-2-4-8-14/h2-13H,1H3. The zero-order valence-corrected chi connectivity index (χ0v) is 13.2. The number of hydrogen-bond donors (Lipinski definition) is 0. The summed E-state index contributed by atoms with van der Waals surface area (Å²) in [6.45, 7) is 0. The van der Waals surface area contributed by atoms with Crippen LogP contribution in [0.25, 0.3) is 32.9 Å². The number of esters is 1. The molecule has 0 amide bonds. The lowest BCUT2D eigenvalue weighted by Gasteiger charge is -2.10. The maximum Gasteiger partial charge on any atom is 0.337 e. The Morgan fingerprint density at radius 1 is 0.833 bits per heavy atom. The van der Waals surface area contributed by atoms with E-state index >= 15 is 0 Å². The number of nitrogens with zero attached hydrogens (tertiary/aromatic N) is 1. The quantitative estimate of drug-likeness (QED) is 0.392. The fourth-order valence-corrected chi connectivity index (χ4v) is 3.02. The first kappa shape index (κ1) is 14.4. The summed E-state index contributed by atoms with van der Waals surface area (Å²) in [5.41, 5.74) is 3.42. The second kappa shape index (κ2) is 5.78. The van der Waals surface area contributed by atoms with Gasteiger partial charge in [-0.1, -0.05) is 54.6 Å². The number of methoxy groups -OCH3 is 1. The summed E-state index contributed by atoms with van der Waals surface area (Å²) >= 11 is 0. The van der Waals surface area contributed by atoms with Crippen LogP contribution in [0, 0.1) is 0 Å². The van der Waals surface area contributed by atoms with E-state index < -0.39 is 0 Å². The van der Waals surface area contributed by atoms with Crippen molar-refractivity contribution in [3.05, 3.63) is 78.4 Å². The molecule has 3 heteroatoms. The summed E-state index contributed by atoms with van der Waals surface area (Å²) in [5, 5.41) is 3.10. The molecule has 1 heterocycles. The Bertz CT molecular complexity index is 1060. The predicted octanol–water partition coefficient (Wildman–Crippen LogP) is 4.84. The minimum absolute atomic E-state index is 0.340. The molecular formula is C21H15NO2. The Hall–Kier alpha value is -3.20. The second-order valence-electron chi connectivity index (χ2n) is 5.60. The van der Waals surface area contributed by atoms with Crippen LogP contribution in [0.15, 0.2) is 72.8 Å². The number of hydrogen-bond acceptors (Lipinski definition) is 3. The molecule has 0 fully saturated rings. The topological polar surface area (TPSA) is 39.2 Å². The highest BCUT2D eigenvalue weighted by Crippen LogP contribution is 2.32. The third-order valence-corrected chi connectivity index (χ3v) is 4.17. The number of fused-ring (bicyclic) bond motifs is 3. The zero-order chi connectivity index (χ0) is 16.5. The molecule has 0 saturated carbocycles. The molecule has 0 atom stereocenters. The number of rotatable bonds is 2. The van der Waals surface area contributed by atoms with Crippen LogP contribution in [0.2, 0.25) is 0 Å². The Morgan fingerprint density at radius 2 is 1.54 bits per heavy atom. The van der Waals surface area contributed by atoms with Crippen LogP contribution < -0.4 is 0 Å². The van der Waals surface area contributed by atoms with Gasteiger partial charge >= 0.3 is 5.97 Å². The van der Waals surface area contributed by atoms with Crippen molar-refractivity contribution in [3.63, 3.8) is 0 Å². The van der Waals surface area contributed by atoms with Gasteiger partial charge in [0.05, 0.1) is 23.9 Å². The molecule has 116 valence electrons. The van der Waals surface area contributed by atoms with E-state index in [4.69, 9.17) is 9.72 Å². The number of carbonyl (C=O) groups is 1. The Kier molecular flexibility index (Phi) is 3.47. The molecule has 0 N–H and O–H groups in total. The van der Waals surface area contributed by atoms with E-state index in [1.165, 1.54) is 7.11 Å². The fourth-order valence-electron chi connectivity index (χ4n) is 3.02. The first-order valence-corrected chi connectivity index (χ1v) is 7.74. The molecule has 0 bridgehead atoms. The molecule has 0 radical (unpaired) electrons. The molecule has 4 rings (SSSR count). The molecule has 24 heavy (non-hydrogen) atoms. The predicted molar refractivity (Wildman–Crippen MR) is 96.0 cm³/mol. The van der Waals surface area contributed by atoms with E-state index in [1.54, 1.807) is 6.07 Å². The molecule has 4 aromatic rings. The monoisotopic (exact) mass is 313 g/mol. The number of benzene rings is 3. The SMILES string of the molecule is COC(=O)c1ccc2nc(-c3ccccc3)c3ccccc3c2c1. The maximum atomic E-state index is 11.8. The van der Waals surface area contributed by atoms with Crippen molar-refractivity contribution in [1.82, 2.24) is 4.98 Å². The van der Waals surface area contributed by atoms with E-state index in [9.17, 15) is 4.79 Å². The van der Waals surface area contributed by atoms with Crippen molar-refractivity contribution in [2.24, 2.45) is 0 Å². The highest BCUT2D eigenvalue weighted by atomic mass is 16.5. The molecule has 0 aliphatic heterocycles. The van der Waals surface area contributed by atoms with Gasteiger partial charge in [-0.15, -0.1) is 0 Å². The van der Waals surface area contributed by atoms with Gasteiger partial charge < -0.3 is 4.74 Å². The van der Waals surface area contributed by atoms with Crippen molar-refractivity contribution in [1.29, 1.82) is 0 Å². The maximum absolute atomic E-state index is 11.8. The van der Waals surface area contributed by atoms with E-state index in [0.717, 1.165) is 32.9 Å². The van der Waals surface area contributed by atoms with Crippen molar-refractivity contribution < 1.29 is 9.53 Å². The average Bonchev–Trinajstić information content (AvgIpc) is 2.67. The van der Waals surface area contributed by atoms with Crippen LogP contribution in [-0.2, 0) is 4.74 Å². The molecule has 0 spiro atoms. The van der Waals surface area contributed by atoms with Crippen molar-refractivity contribution >= 4 is 27.6 Å². The Balaban J connectivity index is 2.08. The summed E-state index contributed by atoms with van der Waals surface area (Å²) < 4.78 is 4.83. The van der Waals surface area contributed by atoms with Gasteiger partial charge in [0.25, 0.3) is 0 Å². The van der Waals surface area contributed by atoms with Crippen molar-refractivity contribution in [2.75, 3.05) is 7.11 Å². The highest BCUT2D eigenvalue weighted by molar-refractivity contribution is 6.12. The van der Waals surface area contributed by atoms with Crippen molar-refractivity contribution in [3.8, 4) is 11.3 Å². The van der Waals surface area contributed by atoms with Gasteiger partial charge in [0.1, 0.15) is 0 Å². The summed E-state index contributed by atoms with van der Waals surface area (Å²) in [7, 11) is 1.39. The van der Waals surface area contributed by atoms with Gasteiger partial charge in [-0.25, -0.2) is 9.78 Å². The molecule has 3 nitrogen and oxygen atoms in total. The van der Waals surface area contributed by atoms with E-state index in [-0.39, 0.29) is 5.97 Å². The Labute approximate surface area is 139 Å². The Morgan fingerprint density at radius 3 is 2.29 bits per heavy atom. The number of carbonyl (C=O) groups excluding carboxylic acids is 1. The number of ether oxygens (including phenoxy) is 1. The van der Waals surface area contributed by atoms with Crippen LogP contribution in [0.1, 0.15) is 10.4 Å². The van der Waals surface area contributed by atoms with E-state index in [2.05, 4.69) is 24.3 Å². The lowest BCUT2D eigenvalue weighted by molar-refractivity contribution is 0.0601. The zero-order valence-electron chi connectivity index (χ0n) is 13.2. The van der Waals surface area contributed by atoms with E-state index in [1.807, 2.05) is 42.5 Å². The third-order valence-electron chi connectivity index (χ3n) is 4.17. The van der Waals surface area contributed by atoms with Crippen LogP contribution in [0.3, 0.4) is 0 Å². The van der Waals surface area contributed by atoms with Gasteiger partial charge in [-0.2, -0.15) is 0 Å². The highest BCUT2D eigenvalue weighted by Gasteiger charge is 2.12.